The number of halogens is 1. The summed E-state index contributed by atoms with van der Waals surface area (Å²) in [5.74, 6) is 0.0101. The first kappa shape index (κ1) is 17.8. The molecule has 2 aromatic carbocycles. The van der Waals surface area contributed by atoms with Gasteiger partial charge in [0.05, 0.1) is 0 Å². The fourth-order valence-corrected chi connectivity index (χ4v) is 2.41. The Labute approximate surface area is 146 Å². The minimum atomic E-state index is -0.594. The summed E-state index contributed by atoms with van der Waals surface area (Å²) < 4.78 is 5.39. The molecule has 5 nitrogen and oxygen atoms in total. The van der Waals surface area contributed by atoms with Crippen molar-refractivity contribution in [2.75, 3.05) is 11.9 Å². The third kappa shape index (κ3) is 4.99. The highest BCUT2D eigenvalue weighted by Gasteiger charge is 2.11. The molecule has 0 aliphatic heterocycles. The van der Waals surface area contributed by atoms with Gasteiger partial charge in [0.1, 0.15) is 5.75 Å². The van der Waals surface area contributed by atoms with Gasteiger partial charge in [-0.15, -0.1) is 0 Å². The van der Waals surface area contributed by atoms with Crippen LogP contribution in [0, 0.1) is 20.8 Å². The van der Waals surface area contributed by atoms with Crippen molar-refractivity contribution in [1.82, 2.24) is 5.32 Å². The molecule has 0 radical (unpaired) electrons. The molecule has 0 aromatic heterocycles. The summed E-state index contributed by atoms with van der Waals surface area (Å²) in [6.45, 7) is 5.42. The Morgan fingerprint density at radius 3 is 2.46 bits per heavy atom. The quantitative estimate of drug-likeness (QED) is 0.879. The number of benzene rings is 2. The molecule has 0 fully saturated rings. The van der Waals surface area contributed by atoms with E-state index in [0.717, 1.165) is 16.7 Å². The van der Waals surface area contributed by atoms with E-state index in [1.54, 1.807) is 24.3 Å². The standard InChI is InChI=1S/C18H19ClN2O3/c1-11-4-6-15(12(2)8-11)20-18(23)21-17(22)10-24-16-7-5-14(19)9-13(16)3/h4-9H,10H2,1-3H3,(H2,20,21,22,23). The van der Waals surface area contributed by atoms with Gasteiger partial charge >= 0.3 is 6.03 Å². The van der Waals surface area contributed by atoms with E-state index in [-0.39, 0.29) is 6.61 Å². The number of ether oxygens (including phenoxy) is 1. The molecule has 0 aliphatic carbocycles. The molecule has 0 aliphatic rings. The van der Waals surface area contributed by atoms with Gasteiger partial charge in [-0.1, -0.05) is 29.3 Å². The Kier molecular flexibility index (Phi) is 5.82. The number of urea groups is 1. The van der Waals surface area contributed by atoms with Crippen molar-refractivity contribution < 1.29 is 14.3 Å². The average molecular weight is 347 g/mol. The van der Waals surface area contributed by atoms with Gasteiger partial charge in [0.25, 0.3) is 5.91 Å². The fourth-order valence-electron chi connectivity index (χ4n) is 2.19. The van der Waals surface area contributed by atoms with E-state index in [4.69, 9.17) is 16.3 Å². The van der Waals surface area contributed by atoms with E-state index in [1.165, 1.54) is 0 Å². The summed E-state index contributed by atoms with van der Waals surface area (Å²) in [6.07, 6.45) is 0. The number of hydrogen-bond donors (Lipinski definition) is 2. The highest BCUT2D eigenvalue weighted by molar-refractivity contribution is 6.30. The highest BCUT2D eigenvalue weighted by atomic mass is 35.5. The van der Waals surface area contributed by atoms with Crippen LogP contribution in [0.5, 0.6) is 5.75 Å². The van der Waals surface area contributed by atoms with Crippen LogP contribution in [0.3, 0.4) is 0 Å². The maximum absolute atomic E-state index is 11.9. The molecule has 6 heteroatoms. The first-order valence-corrected chi connectivity index (χ1v) is 7.80. The SMILES string of the molecule is Cc1ccc(NC(=O)NC(=O)COc2ccc(Cl)cc2C)c(C)c1. The molecule has 0 heterocycles. The predicted octanol–water partition coefficient (Wildman–Crippen LogP) is 3.99. The van der Waals surface area contributed by atoms with Crippen LogP contribution in [-0.4, -0.2) is 18.5 Å². The highest BCUT2D eigenvalue weighted by Crippen LogP contribution is 2.21. The molecule has 0 unspecified atom stereocenters. The summed E-state index contributed by atoms with van der Waals surface area (Å²) in [5.41, 5.74) is 3.49. The second-order valence-corrected chi connectivity index (χ2v) is 5.96. The van der Waals surface area contributed by atoms with E-state index in [1.807, 2.05) is 32.9 Å². The van der Waals surface area contributed by atoms with Crippen molar-refractivity contribution in [3.05, 3.63) is 58.1 Å². The molecule has 0 spiro atoms. The van der Waals surface area contributed by atoms with Crippen molar-refractivity contribution in [1.29, 1.82) is 0 Å². The van der Waals surface area contributed by atoms with Gasteiger partial charge in [0.15, 0.2) is 6.61 Å². The van der Waals surface area contributed by atoms with E-state index in [0.29, 0.717) is 16.5 Å². The summed E-state index contributed by atoms with van der Waals surface area (Å²) >= 11 is 5.86. The molecule has 2 rings (SSSR count). The van der Waals surface area contributed by atoms with Crippen LogP contribution in [-0.2, 0) is 4.79 Å². The molecule has 24 heavy (non-hydrogen) atoms. The molecule has 0 atom stereocenters. The van der Waals surface area contributed by atoms with Gasteiger partial charge in [0, 0.05) is 10.7 Å². The smallest absolute Gasteiger partial charge is 0.325 e. The van der Waals surface area contributed by atoms with Gasteiger partial charge < -0.3 is 10.1 Å². The number of rotatable bonds is 4. The zero-order chi connectivity index (χ0) is 17.7. The second kappa shape index (κ2) is 7.84. The molecule has 2 aromatic rings. The normalized spacial score (nSPS) is 10.2. The van der Waals surface area contributed by atoms with Gasteiger partial charge in [-0.05, 0) is 56.2 Å². The lowest BCUT2D eigenvalue weighted by atomic mass is 10.1. The van der Waals surface area contributed by atoms with E-state index < -0.39 is 11.9 Å². The lowest BCUT2D eigenvalue weighted by molar-refractivity contribution is -0.121. The maximum Gasteiger partial charge on any atom is 0.325 e. The van der Waals surface area contributed by atoms with Gasteiger partial charge in [-0.25, -0.2) is 4.79 Å². The van der Waals surface area contributed by atoms with Crippen molar-refractivity contribution >= 4 is 29.2 Å². The van der Waals surface area contributed by atoms with Gasteiger partial charge in [0.2, 0.25) is 0 Å². The van der Waals surface area contributed by atoms with Crippen molar-refractivity contribution in [2.24, 2.45) is 0 Å². The first-order valence-electron chi connectivity index (χ1n) is 7.42. The third-order valence-electron chi connectivity index (χ3n) is 3.38. The van der Waals surface area contributed by atoms with E-state index in [2.05, 4.69) is 10.6 Å². The minimum absolute atomic E-state index is 0.261. The lowest BCUT2D eigenvalue weighted by Gasteiger charge is -2.11. The molecule has 126 valence electrons. The number of aryl methyl sites for hydroxylation is 3. The average Bonchev–Trinajstić information content (AvgIpc) is 2.49. The van der Waals surface area contributed by atoms with Crippen LogP contribution in [0.15, 0.2) is 36.4 Å². The number of imide groups is 1. The molecule has 2 N–H and O–H groups in total. The zero-order valence-electron chi connectivity index (χ0n) is 13.8. The lowest BCUT2D eigenvalue weighted by Crippen LogP contribution is -2.37. The summed E-state index contributed by atoms with van der Waals surface area (Å²) in [4.78, 5) is 23.7. The molecule has 0 saturated carbocycles. The van der Waals surface area contributed by atoms with E-state index in [9.17, 15) is 9.59 Å². The van der Waals surface area contributed by atoms with Crippen LogP contribution >= 0.6 is 11.6 Å². The number of nitrogens with one attached hydrogen (secondary N) is 2. The Hall–Kier alpha value is -2.53. The summed E-state index contributed by atoms with van der Waals surface area (Å²) in [7, 11) is 0. The van der Waals surface area contributed by atoms with Crippen molar-refractivity contribution in [3.63, 3.8) is 0 Å². The first-order chi connectivity index (χ1) is 11.3. The predicted molar refractivity (Wildman–Crippen MR) is 94.8 cm³/mol. The topological polar surface area (TPSA) is 67.4 Å². The summed E-state index contributed by atoms with van der Waals surface area (Å²) in [5, 5.41) is 5.47. The van der Waals surface area contributed by atoms with Gasteiger partial charge in [-0.3, -0.25) is 10.1 Å². The van der Waals surface area contributed by atoms with Crippen LogP contribution in [0.25, 0.3) is 0 Å². The molecule has 0 bridgehead atoms. The second-order valence-electron chi connectivity index (χ2n) is 5.52. The number of hydrogen-bond acceptors (Lipinski definition) is 3. The maximum atomic E-state index is 11.9. The Morgan fingerprint density at radius 2 is 1.79 bits per heavy atom. The number of anilines is 1. The molecule has 0 saturated heterocycles. The zero-order valence-corrected chi connectivity index (χ0v) is 14.5. The van der Waals surface area contributed by atoms with Crippen molar-refractivity contribution in [3.8, 4) is 5.75 Å². The Bertz CT molecular complexity index is 775. The Balaban J connectivity index is 1.86. The van der Waals surface area contributed by atoms with Crippen LogP contribution in [0.1, 0.15) is 16.7 Å². The molecular weight excluding hydrogens is 328 g/mol. The number of amides is 3. The number of carbonyl (C=O) groups excluding carboxylic acids is 2. The molecule has 3 amide bonds. The van der Waals surface area contributed by atoms with Crippen LogP contribution < -0.4 is 15.4 Å². The number of carbonyl (C=O) groups is 2. The monoisotopic (exact) mass is 346 g/mol. The minimum Gasteiger partial charge on any atom is -0.483 e. The fraction of sp³-hybridized carbons (Fsp3) is 0.222. The van der Waals surface area contributed by atoms with Crippen LogP contribution in [0.4, 0.5) is 10.5 Å². The Morgan fingerprint density at radius 1 is 1.04 bits per heavy atom. The van der Waals surface area contributed by atoms with Crippen LogP contribution in [0.2, 0.25) is 5.02 Å². The summed E-state index contributed by atoms with van der Waals surface area (Å²) in [6, 6.07) is 10.1. The largest absolute Gasteiger partial charge is 0.483 e. The third-order valence-corrected chi connectivity index (χ3v) is 3.61. The van der Waals surface area contributed by atoms with E-state index >= 15 is 0 Å². The molecular formula is C18H19ClN2O3. The van der Waals surface area contributed by atoms with Gasteiger partial charge in [-0.2, -0.15) is 0 Å². The van der Waals surface area contributed by atoms with Crippen molar-refractivity contribution in [2.45, 2.75) is 20.8 Å².